The number of benzene rings is 3. The molecule has 32 heavy (non-hydrogen) atoms. The number of ether oxygens (including phenoxy) is 1. The molecule has 2 aliphatic rings. The number of hydrogen-bond acceptors (Lipinski definition) is 4. The van der Waals surface area contributed by atoms with Crippen LogP contribution in [0.1, 0.15) is 34.9 Å². The lowest BCUT2D eigenvalue weighted by Crippen LogP contribution is -2.42. The lowest BCUT2D eigenvalue weighted by molar-refractivity contribution is -0.139. The Balaban J connectivity index is 1.25. The molecule has 0 saturated heterocycles. The Hall–Kier alpha value is -3.80. The molecule has 0 aromatic heterocycles. The smallest absolute Gasteiger partial charge is 0.407 e. The summed E-state index contributed by atoms with van der Waals surface area (Å²) in [6.07, 6.45) is -0.415. The van der Waals surface area contributed by atoms with Crippen molar-refractivity contribution in [2.75, 3.05) is 18.5 Å². The van der Waals surface area contributed by atoms with Crippen LogP contribution in [-0.2, 0) is 9.53 Å². The van der Waals surface area contributed by atoms with Gasteiger partial charge in [0, 0.05) is 24.1 Å². The number of carbonyl (C=O) groups excluding carboxylic acids is 1. The number of fused-ring (bicyclic) bond motifs is 4. The average Bonchev–Trinajstić information content (AvgIpc) is 3.36. The maximum Gasteiger partial charge on any atom is 0.407 e. The summed E-state index contributed by atoms with van der Waals surface area (Å²) in [6, 6.07) is 23.0. The summed E-state index contributed by atoms with van der Waals surface area (Å²) in [5.74, 6) is -1.12. The van der Waals surface area contributed by atoms with Crippen molar-refractivity contribution < 1.29 is 19.4 Å². The van der Waals surface area contributed by atoms with Crippen molar-refractivity contribution in [3.8, 4) is 11.1 Å². The zero-order valence-corrected chi connectivity index (χ0v) is 17.5. The van der Waals surface area contributed by atoms with Crippen molar-refractivity contribution in [2.24, 2.45) is 0 Å². The van der Waals surface area contributed by atoms with Crippen molar-refractivity contribution in [1.82, 2.24) is 5.32 Å². The van der Waals surface area contributed by atoms with Crippen molar-refractivity contribution in [3.05, 3.63) is 89.5 Å². The van der Waals surface area contributed by atoms with E-state index in [4.69, 9.17) is 4.74 Å². The Bertz CT molecular complexity index is 1130. The van der Waals surface area contributed by atoms with Crippen LogP contribution in [0.25, 0.3) is 11.1 Å². The Labute approximate surface area is 186 Å². The summed E-state index contributed by atoms with van der Waals surface area (Å²) < 4.78 is 5.53. The van der Waals surface area contributed by atoms with E-state index in [2.05, 4.69) is 22.8 Å². The fraction of sp³-hybridized carbons (Fsp3) is 0.231. The number of carboxylic acid groups (broad SMARTS) is 1. The molecule has 1 aliphatic carbocycles. The highest BCUT2D eigenvalue weighted by molar-refractivity contribution is 5.81. The largest absolute Gasteiger partial charge is 0.480 e. The van der Waals surface area contributed by atoms with E-state index in [1.807, 2.05) is 60.7 Å². The van der Waals surface area contributed by atoms with E-state index < -0.39 is 18.1 Å². The number of aliphatic carboxylic acids is 1. The molecule has 0 saturated carbocycles. The summed E-state index contributed by atoms with van der Waals surface area (Å²) in [6.45, 7) is 0.801. The van der Waals surface area contributed by atoms with Crippen LogP contribution in [0.2, 0.25) is 0 Å². The van der Waals surface area contributed by atoms with Crippen LogP contribution in [0.5, 0.6) is 0 Å². The number of amides is 1. The molecule has 3 aromatic rings. The molecule has 1 aliphatic heterocycles. The fourth-order valence-corrected chi connectivity index (χ4v) is 4.86. The third-order valence-corrected chi connectivity index (χ3v) is 6.39. The highest BCUT2D eigenvalue weighted by Crippen LogP contribution is 2.44. The van der Waals surface area contributed by atoms with E-state index >= 15 is 0 Å². The number of rotatable bonds is 6. The van der Waals surface area contributed by atoms with Crippen molar-refractivity contribution in [1.29, 1.82) is 0 Å². The first kappa shape index (κ1) is 20.1. The van der Waals surface area contributed by atoms with Gasteiger partial charge in [-0.15, -0.1) is 0 Å². The van der Waals surface area contributed by atoms with Crippen LogP contribution in [0.4, 0.5) is 10.5 Å². The molecule has 0 radical (unpaired) electrons. The fourth-order valence-electron chi connectivity index (χ4n) is 4.86. The number of alkyl carbamates (subject to hydrolysis) is 1. The minimum absolute atomic E-state index is 0.0150. The third kappa shape index (κ3) is 3.68. The second-order valence-corrected chi connectivity index (χ2v) is 8.26. The van der Waals surface area contributed by atoms with Gasteiger partial charge in [0.25, 0.3) is 0 Å². The normalized spacial score (nSPS) is 16.9. The molecule has 0 spiro atoms. The van der Waals surface area contributed by atoms with Gasteiger partial charge in [0.15, 0.2) is 0 Å². The molecular formula is C26H24N2O4. The first-order valence-electron chi connectivity index (χ1n) is 10.8. The number of hydrogen-bond donors (Lipinski definition) is 3. The minimum atomic E-state index is -1.07. The van der Waals surface area contributed by atoms with Crippen LogP contribution < -0.4 is 10.6 Å². The molecule has 6 nitrogen and oxygen atoms in total. The minimum Gasteiger partial charge on any atom is -0.480 e. The summed E-state index contributed by atoms with van der Waals surface area (Å²) in [7, 11) is 0. The summed E-state index contributed by atoms with van der Waals surface area (Å²) in [5, 5.41) is 15.5. The predicted octanol–water partition coefficient (Wildman–Crippen LogP) is 4.58. The number of nitrogens with one attached hydrogen (secondary N) is 2. The third-order valence-electron chi connectivity index (χ3n) is 6.39. The SMILES string of the molecule is O=C(N[C@@H](CC1CNc2ccccc21)C(=O)O)OCC1c2ccccc2-c2ccccc21. The van der Waals surface area contributed by atoms with Crippen LogP contribution in [-0.4, -0.2) is 36.4 Å². The van der Waals surface area contributed by atoms with Gasteiger partial charge < -0.3 is 20.5 Å². The Morgan fingerprint density at radius 1 is 0.938 bits per heavy atom. The lowest BCUT2D eigenvalue weighted by Gasteiger charge is -2.20. The summed E-state index contributed by atoms with van der Waals surface area (Å²) in [5.41, 5.74) is 6.62. The molecule has 162 valence electrons. The standard InChI is InChI=1S/C26H24N2O4/c29-25(30)24(13-16-14-27-23-12-6-5-7-17(16)23)28-26(31)32-15-22-20-10-3-1-8-18(20)19-9-2-4-11-21(19)22/h1-12,16,22,24,27H,13-15H2,(H,28,31)(H,29,30)/t16?,24-/m0/s1. The number of anilines is 1. The molecule has 3 aromatic carbocycles. The zero-order chi connectivity index (χ0) is 22.1. The first-order chi connectivity index (χ1) is 15.6. The van der Waals surface area contributed by atoms with Crippen molar-refractivity contribution >= 4 is 17.7 Å². The Morgan fingerprint density at radius 2 is 1.53 bits per heavy atom. The molecule has 5 rings (SSSR count). The van der Waals surface area contributed by atoms with Gasteiger partial charge in [-0.2, -0.15) is 0 Å². The second kappa shape index (κ2) is 8.38. The van der Waals surface area contributed by atoms with E-state index in [9.17, 15) is 14.7 Å². The van der Waals surface area contributed by atoms with Gasteiger partial charge in [0.1, 0.15) is 12.6 Å². The second-order valence-electron chi connectivity index (χ2n) is 8.26. The van der Waals surface area contributed by atoms with E-state index in [-0.39, 0.29) is 18.4 Å². The quantitative estimate of drug-likeness (QED) is 0.535. The van der Waals surface area contributed by atoms with Crippen molar-refractivity contribution in [2.45, 2.75) is 24.3 Å². The Morgan fingerprint density at radius 3 is 2.19 bits per heavy atom. The van der Waals surface area contributed by atoms with E-state index in [0.29, 0.717) is 13.0 Å². The predicted molar refractivity (Wildman–Crippen MR) is 122 cm³/mol. The molecule has 1 heterocycles. The highest BCUT2D eigenvalue weighted by Gasteiger charge is 2.32. The van der Waals surface area contributed by atoms with Gasteiger partial charge in [-0.25, -0.2) is 9.59 Å². The van der Waals surface area contributed by atoms with Crippen LogP contribution in [0.3, 0.4) is 0 Å². The van der Waals surface area contributed by atoms with Gasteiger partial charge in [-0.3, -0.25) is 0 Å². The maximum absolute atomic E-state index is 12.5. The monoisotopic (exact) mass is 428 g/mol. The van der Waals surface area contributed by atoms with Gasteiger partial charge in [-0.1, -0.05) is 66.7 Å². The molecule has 3 N–H and O–H groups in total. The van der Waals surface area contributed by atoms with Crippen molar-refractivity contribution in [3.63, 3.8) is 0 Å². The maximum atomic E-state index is 12.5. The summed E-state index contributed by atoms with van der Waals surface area (Å²) in [4.78, 5) is 24.4. The van der Waals surface area contributed by atoms with Gasteiger partial charge >= 0.3 is 12.1 Å². The molecule has 2 atom stereocenters. The number of carboxylic acids is 1. The van der Waals surface area contributed by atoms with Gasteiger partial charge in [-0.05, 0) is 40.3 Å². The highest BCUT2D eigenvalue weighted by atomic mass is 16.5. The van der Waals surface area contributed by atoms with Gasteiger partial charge in [0.05, 0.1) is 0 Å². The van der Waals surface area contributed by atoms with Crippen LogP contribution in [0, 0.1) is 0 Å². The topological polar surface area (TPSA) is 87.7 Å². The van der Waals surface area contributed by atoms with E-state index in [1.165, 1.54) is 0 Å². The lowest BCUT2D eigenvalue weighted by atomic mass is 9.94. The van der Waals surface area contributed by atoms with Crippen LogP contribution >= 0.6 is 0 Å². The van der Waals surface area contributed by atoms with Crippen LogP contribution in [0.15, 0.2) is 72.8 Å². The number of carbonyl (C=O) groups is 2. The molecule has 6 heteroatoms. The number of para-hydroxylation sites is 1. The molecule has 0 fully saturated rings. The Kier molecular flexibility index (Phi) is 5.27. The molecule has 1 unspecified atom stereocenters. The zero-order valence-electron chi connectivity index (χ0n) is 17.5. The van der Waals surface area contributed by atoms with E-state index in [1.54, 1.807) is 0 Å². The molecular weight excluding hydrogens is 404 g/mol. The molecule has 1 amide bonds. The van der Waals surface area contributed by atoms with E-state index in [0.717, 1.165) is 33.5 Å². The average molecular weight is 428 g/mol. The first-order valence-corrected chi connectivity index (χ1v) is 10.8. The summed E-state index contributed by atoms with van der Waals surface area (Å²) >= 11 is 0. The van der Waals surface area contributed by atoms with Gasteiger partial charge in [0.2, 0.25) is 0 Å². The molecule has 0 bridgehead atoms.